The number of carbonyl (C=O) groups excluding carboxylic acids is 1. The van der Waals surface area contributed by atoms with E-state index in [-0.39, 0.29) is 11.8 Å². The average molecular weight is 369 g/mol. The van der Waals surface area contributed by atoms with Crippen molar-refractivity contribution in [1.82, 2.24) is 0 Å². The number of rotatable bonds is 4. The maximum atomic E-state index is 13.6. The van der Waals surface area contributed by atoms with Crippen LogP contribution in [0.3, 0.4) is 0 Å². The molecule has 1 amide bonds. The summed E-state index contributed by atoms with van der Waals surface area (Å²) in [6.45, 7) is 2.71. The molecule has 1 spiro atoms. The van der Waals surface area contributed by atoms with Crippen LogP contribution in [0.2, 0.25) is 0 Å². The first-order valence-electron chi connectivity index (χ1n) is 9.74. The Kier molecular flexibility index (Phi) is 3.80. The summed E-state index contributed by atoms with van der Waals surface area (Å²) in [5.41, 5.74) is 5.42. The Hall–Kier alpha value is -3.07. The van der Waals surface area contributed by atoms with Gasteiger partial charge >= 0.3 is 0 Å². The molecular formula is C25H23NO2. The highest BCUT2D eigenvalue weighted by molar-refractivity contribution is 6.11. The van der Waals surface area contributed by atoms with Gasteiger partial charge in [0.1, 0.15) is 5.75 Å². The summed E-state index contributed by atoms with van der Waals surface area (Å²) >= 11 is 0. The van der Waals surface area contributed by atoms with E-state index < -0.39 is 5.41 Å². The first kappa shape index (κ1) is 17.1. The highest BCUT2D eigenvalue weighted by atomic mass is 16.5. The van der Waals surface area contributed by atoms with Crippen LogP contribution in [0.4, 0.5) is 5.69 Å². The lowest BCUT2D eigenvalue weighted by molar-refractivity contribution is -0.120. The third kappa shape index (κ3) is 2.46. The molecule has 3 aromatic rings. The maximum absolute atomic E-state index is 13.6. The molecule has 28 heavy (non-hydrogen) atoms. The molecule has 1 aliphatic carbocycles. The lowest BCUT2D eigenvalue weighted by Crippen LogP contribution is -2.32. The second-order valence-electron chi connectivity index (χ2n) is 7.90. The van der Waals surface area contributed by atoms with Crippen LogP contribution in [0.15, 0.2) is 72.8 Å². The zero-order valence-corrected chi connectivity index (χ0v) is 16.2. The summed E-state index contributed by atoms with van der Waals surface area (Å²) in [4.78, 5) is 15.6. The quantitative estimate of drug-likeness (QED) is 0.649. The van der Waals surface area contributed by atoms with Gasteiger partial charge in [0.2, 0.25) is 5.91 Å². The lowest BCUT2D eigenvalue weighted by Gasteiger charge is -2.19. The van der Waals surface area contributed by atoms with Crippen molar-refractivity contribution in [1.29, 1.82) is 0 Å². The fourth-order valence-electron chi connectivity index (χ4n) is 4.74. The highest BCUT2D eigenvalue weighted by Gasteiger charge is 2.66. The molecule has 1 heterocycles. The first-order chi connectivity index (χ1) is 13.6. The Morgan fingerprint density at radius 2 is 1.82 bits per heavy atom. The zero-order valence-electron chi connectivity index (χ0n) is 16.2. The molecule has 3 heteroatoms. The number of aryl methyl sites for hydroxylation is 1. The van der Waals surface area contributed by atoms with Crippen LogP contribution >= 0.6 is 0 Å². The van der Waals surface area contributed by atoms with Crippen LogP contribution in [0, 0.1) is 6.92 Å². The van der Waals surface area contributed by atoms with Gasteiger partial charge in [-0.25, -0.2) is 0 Å². The number of carbonyl (C=O) groups is 1. The molecule has 2 unspecified atom stereocenters. The summed E-state index contributed by atoms with van der Waals surface area (Å²) in [5, 5.41) is 0. The van der Waals surface area contributed by atoms with Gasteiger partial charge in [-0.2, -0.15) is 0 Å². The minimum Gasteiger partial charge on any atom is -0.497 e. The van der Waals surface area contributed by atoms with E-state index in [1.165, 1.54) is 22.3 Å². The fraction of sp³-hybridized carbons (Fsp3) is 0.240. The Bertz CT molecular complexity index is 1060. The monoisotopic (exact) mass is 369 g/mol. The third-order valence-electron chi connectivity index (χ3n) is 6.20. The molecule has 3 aromatic carbocycles. The number of methoxy groups -OCH3 is 1. The Labute approximate surface area is 165 Å². The van der Waals surface area contributed by atoms with Gasteiger partial charge in [-0.05, 0) is 48.2 Å². The molecule has 1 fully saturated rings. The summed E-state index contributed by atoms with van der Waals surface area (Å²) < 4.78 is 5.28. The molecule has 0 saturated heterocycles. The molecule has 0 aromatic heterocycles. The Morgan fingerprint density at radius 1 is 1.04 bits per heavy atom. The van der Waals surface area contributed by atoms with Gasteiger partial charge in [-0.1, -0.05) is 60.2 Å². The first-order valence-corrected chi connectivity index (χ1v) is 9.74. The Balaban J connectivity index is 1.51. The Morgan fingerprint density at radius 3 is 2.57 bits per heavy atom. The van der Waals surface area contributed by atoms with Gasteiger partial charge in [0, 0.05) is 11.6 Å². The van der Waals surface area contributed by atoms with Gasteiger partial charge in [0.25, 0.3) is 0 Å². The van der Waals surface area contributed by atoms with E-state index >= 15 is 0 Å². The van der Waals surface area contributed by atoms with E-state index in [0.29, 0.717) is 6.54 Å². The number of ether oxygens (including phenoxy) is 1. The van der Waals surface area contributed by atoms with E-state index in [1.807, 2.05) is 29.2 Å². The number of fused-ring (bicyclic) bond motifs is 2. The minimum atomic E-state index is -0.408. The number of hydrogen-bond acceptors (Lipinski definition) is 2. The summed E-state index contributed by atoms with van der Waals surface area (Å²) in [7, 11) is 1.67. The van der Waals surface area contributed by atoms with E-state index in [0.717, 1.165) is 17.9 Å². The van der Waals surface area contributed by atoms with Crippen molar-refractivity contribution in [2.75, 3.05) is 12.0 Å². The SMILES string of the molecule is COc1ccc(C2CC23C(=O)N(Cc2cccc(C)c2)c2ccccc23)cc1. The number of nitrogens with zero attached hydrogens (tertiary/aromatic N) is 1. The maximum Gasteiger partial charge on any atom is 0.238 e. The van der Waals surface area contributed by atoms with Crippen LogP contribution in [0.25, 0.3) is 0 Å². The number of benzene rings is 3. The van der Waals surface area contributed by atoms with Gasteiger partial charge in [-0.15, -0.1) is 0 Å². The molecule has 1 aliphatic heterocycles. The smallest absolute Gasteiger partial charge is 0.238 e. The van der Waals surface area contributed by atoms with E-state index in [9.17, 15) is 4.79 Å². The van der Waals surface area contributed by atoms with Crippen molar-refractivity contribution in [2.24, 2.45) is 0 Å². The topological polar surface area (TPSA) is 29.5 Å². The number of para-hydroxylation sites is 1. The van der Waals surface area contributed by atoms with Crippen LogP contribution in [-0.4, -0.2) is 13.0 Å². The highest BCUT2D eigenvalue weighted by Crippen LogP contribution is 2.66. The molecular weight excluding hydrogens is 346 g/mol. The average Bonchev–Trinajstić information content (AvgIpc) is 3.44. The summed E-state index contributed by atoms with van der Waals surface area (Å²) in [6.07, 6.45) is 0.874. The van der Waals surface area contributed by atoms with E-state index in [2.05, 4.69) is 55.5 Å². The van der Waals surface area contributed by atoms with Crippen LogP contribution in [0.5, 0.6) is 5.75 Å². The molecule has 1 saturated carbocycles. The second kappa shape index (κ2) is 6.23. The molecule has 5 rings (SSSR count). The normalized spacial score (nSPS) is 22.4. The van der Waals surface area contributed by atoms with Crippen molar-refractivity contribution in [3.8, 4) is 5.75 Å². The van der Waals surface area contributed by atoms with E-state index in [1.54, 1.807) is 7.11 Å². The van der Waals surface area contributed by atoms with Crippen molar-refractivity contribution < 1.29 is 9.53 Å². The van der Waals surface area contributed by atoms with Gasteiger partial charge < -0.3 is 9.64 Å². The number of hydrogen-bond donors (Lipinski definition) is 0. The fourth-order valence-corrected chi connectivity index (χ4v) is 4.74. The molecule has 0 radical (unpaired) electrons. The molecule has 2 atom stereocenters. The molecule has 0 N–H and O–H groups in total. The van der Waals surface area contributed by atoms with E-state index in [4.69, 9.17) is 4.74 Å². The van der Waals surface area contributed by atoms with Crippen LogP contribution in [0.1, 0.15) is 34.6 Å². The predicted octanol–water partition coefficient (Wildman–Crippen LogP) is 4.98. The minimum absolute atomic E-state index is 0.231. The second-order valence-corrected chi connectivity index (χ2v) is 7.90. The standard InChI is InChI=1S/C25H23NO2/c1-17-6-5-7-18(14-17)16-26-23-9-4-3-8-21(23)25(24(26)27)15-22(25)19-10-12-20(28-2)13-11-19/h3-14,22H,15-16H2,1-2H3. The van der Waals surface area contributed by atoms with Crippen LogP contribution in [-0.2, 0) is 16.8 Å². The van der Waals surface area contributed by atoms with Crippen molar-refractivity contribution >= 4 is 11.6 Å². The number of anilines is 1. The van der Waals surface area contributed by atoms with Gasteiger partial charge in [0.15, 0.2) is 0 Å². The third-order valence-corrected chi connectivity index (χ3v) is 6.20. The van der Waals surface area contributed by atoms with Crippen molar-refractivity contribution in [2.45, 2.75) is 31.2 Å². The lowest BCUT2D eigenvalue weighted by atomic mass is 9.92. The molecule has 0 bridgehead atoms. The predicted molar refractivity (Wildman–Crippen MR) is 111 cm³/mol. The van der Waals surface area contributed by atoms with Crippen LogP contribution < -0.4 is 9.64 Å². The molecule has 2 aliphatic rings. The van der Waals surface area contributed by atoms with Crippen molar-refractivity contribution in [3.63, 3.8) is 0 Å². The number of amides is 1. The van der Waals surface area contributed by atoms with Gasteiger partial charge in [0.05, 0.1) is 19.1 Å². The van der Waals surface area contributed by atoms with Crippen molar-refractivity contribution in [3.05, 3.63) is 95.1 Å². The summed E-state index contributed by atoms with van der Waals surface area (Å²) in [5.74, 6) is 1.31. The summed E-state index contributed by atoms with van der Waals surface area (Å²) in [6, 6.07) is 24.9. The zero-order chi connectivity index (χ0) is 19.3. The molecule has 140 valence electrons. The molecule has 3 nitrogen and oxygen atoms in total. The van der Waals surface area contributed by atoms with Gasteiger partial charge in [-0.3, -0.25) is 4.79 Å². The largest absolute Gasteiger partial charge is 0.497 e.